The third kappa shape index (κ3) is 2.82. The molecular formula is C12H8F2N2O3. The molecule has 1 aromatic heterocycles. The highest BCUT2D eigenvalue weighted by Gasteiger charge is 2.17. The van der Waals surface area contributed by atoms with E-state index >= 15 is 0 Å². The molecule has 98 valence electrons. The predicted octanol–water partition coefficient (Wildman–Crippen LogP) is 2.44. The van der Waals surface area contributed by atoms with Gasteiger partial charge in [0.25, 0.3) is 0 Å². The Labute approximate surface area is 106 Å². The Kier molecular flexibility index (Phi) is 3.65. The minimum atomic E-state index is -3.00. The highest BCUT2D eigenvalue weighted by atomic mass is 19.3. The van der Waals surface area contributed by atoms with E-state index in [2.05, 4.69) is 14.9 Å². The summed E-state index contributed by atoms with van der Waals surface area (Å²) in [6, 6.07) is 5.89. The molecular weight excluding hydrogens is 258 g/mol. The molecule has 0 fully saturated rings. The lowest BCUT2D eigenvalue weighted by Crippen LogP contribution is -2.05. The maximum atomic E-state index is 12.3. The zero-order valence-electron chi connectivity index (χ0n) is 9.46. The smallest absolute Gasteiger partial charge is 0.387 e. The standard InChI is InChI=1S/C12H8F2N2O3/c13-12(14)19-10-4-2-1-3-7(10)8-5-15-16-6-9(8)11(17)18/h1-6,12H,(H,17,18). The minimum absolute atomic E-state index is 0.118. The van der Waals surface area contributed by atoms with Crippen molar-refractivity contribution in [1.82, 2.24) is 10.2 Å². The Morgan fingerprint density at radius 1 is 1.16 bits per heavy atom. The number of carboxylic acids is 1. The van der Waals surface area contributed by atoms with Gasteiger partial charge in [-0.3, -0.25) is 0 Å². The quantitative estimate of drug-likeness (QED) is 0.920. The van der Waals surface area contributed by atoms with Crippen LogP contribution in [0.25, 0.3) is 11.1 Å². The van der Waals surface area contributed by atoms with Gasteiger partial charge in [-0.2, -0.15) is 19.0 Å². The highest BCUT2D eigenvalue weighted by Crippen LogP contribution is 2.32. The van der Waals surface area contributed by atoms with Crippen molar-refractivity contribution in [3.63, 3.8) is 0 Å². The van der Waals surface area contributed by atoms with Gasteiger partial charge in [0.1, 0.15) is 5.75 Å². The van der Waals surface area contributed by atoms with E-state index in [9.17, 15) is 13.6 Å². The molecule has 1 aromatic carbocycles. The van der Waals surface area contributed by atoms with Gasteiger partial charge in [-0.25, -0.2) is 4.79 Å². The Bertz CT molecular complexity index is 605. The Morgan fingerprint density at radius 2 is 1.84 bits per heavy atom. The van der Waals surface area contributed by atoms with Gasteiger partial charge >= 0.3 is 12.6 Å². The number of nitrogens with zero attached hydrogens (tertiary/aromatic N) is 2. The summed E-state index contributed by atoms with van der Waals surface area (Å²) >= 11 is 0. The first kappa shape index (κ1) is 12.9. The van der Waals surface area contributed by atoms with E-state index in [1.54, 1.807) is 6.07 Å². The van der Waals surface area contributed by atoms with Crippen LogP contribution in [0.3, 0.4) is 0 Å². The Morgan fingerprint density at radius 3 is 2.53 bits per heavy atom. The van der Waals surface area contributed by atoms with Crippen LogP contribution in [0.1, 0.15) is 10.4 Å². The molecule has 2 aromatic rings. The Hall–Kier alpha value is -2.57. The van der Waals surface area contributed by atoms with Crippen molar-refractivity contribution in [1.29, 1.82) is 0 Å². The van der Waals surface area contributed by atoms with Gasteiger partial charge in [0, 0.05) is 11.1 Å². The monoisotopic (exact) mass is 266 g/mol. The SMILES string of the molecule is O=C(O)c1cnncc1-c1ccccc1OC(F)F. The summed E-state index contributed by atoms with van der Waals surface area (Å²) in [7, 11) is 0. The number of rotatable bonds is 4. The van der Waals surface area contributed by atoms with Crippen molar-refractivity contribution in [3.8, 4) is 16.9 Å². The number of hydrogen-bond acceptors (Lipinski definition) is 4. The molecule has 1 heterocycles. The van der Waals surface area contributed by atoms with E-state index in [0.29, 0.717) is 0 Å². The molecule has 0 amide bonds. The average Bonchev–Trinajstić information content (AvgIpc) is 2.38. The number of aromatic nitrogens is 2. The lowest BCUT2D eigenvalue weighted by molar-refractivity contribution is -0.0494. The second-order valence-electron chi connectivity index (χ2n) is 3.50. The summed E-state index contributed by atoms with van der Waals surface area (Å²) in [6.45, 7) is -3.00. The molecule has 0 aliphatic rings. The fraction of sp³-hybridized carbons (Fsp3) is 0.0833. The molecule has 0 unspecified atom stereocenters. The third-order valence-corrected chi connectivity index (χ3v) is 2.35. The molecule has 0 saturated carbocycles. The van der Waals surface area contributed by atoms with Crippen LogP contribution in [0.15, 0.2) is 36.7 Å². The topological polar surface area (TPSA) is 72.3 Å². The predicted molar refractivity (Wildman–Crippen MR) is 61.1 cm³/mol. The van der Waals surface area contributed by atoms with Gasteiger partial charge in [0.15, 0.2) is 0 Å². The minimum Gasteiger partial charge on any atom is -0.478 e. The van der Waals surface area contributed by atoms with Crippen molar-refractivity contribution in [2.24, 2.45) is 0 Å². The normalized spacial score (nSPS) is 10.5. The maximum Gasteiger partial charge on any atom is 0.387 e. The molecule has 0 saturated heterocycles. The van der Waals surface area contributed by atoms with Gasteiger partial charge in [-0.1, -0.05) is 18.2 Å². The summed E-state index contributed by atoms with van der Waals surface area (Å²) in [4.78, 5) is 11.1. The molecule has 19 heavy (non-hydrogen) atoms. The van der Waals surface area contributed by atoms with Crippen LogP contribution in [-0.4, -0.2) is 27.9 Å². The zero-order valence-corrected chi connectivity index (χ0v) is 9.46. The lowest BCUT2D eigenvalue weighted by Gasteiger charge is -2.11. The molecule has 2 rings (SSSR count). The van der Waals surface area contributed by atoms with E-state index < -0.39 is 12.6 Å². The largest absolute Gasteiger partial charge is 0.478 e. The number of hydrogen-bond donors (Lipinski definition) is 1. The Balaban J connectivity index is 2.56. The summed E-state index contributed by atoms with van der Waals surface area (Å²) in [5.41, 5.74) is 0.245. The number of carboxylic acid groups (broad SMARTS) is 1. The van der Waals surface area contributed by atoms with Crippen molar-refractivity contribution in [3.05, 3.63) is 42.2 Å². The number of para-hydroxylation sites is 1. The van der Waals surface area contributed by atoms with E-state index in [4.69, 9.17) is 5.11 Å². The number of ether oxygens (including phenoxy) is 1. The lowest BCUT2D eigenvalue weighted by atomic mass is 10.0. The second kappa shape index (κ2) is 5.38. The molecule has 0 radical (unpaired) electrons. The van der Waals surface area contributed by atoms with Gasteiger partial charge in [0.2, 0.25) is 0 Å². The van der Waals surface area contributed by atoms with Crippen LogP contribution < -0.4 is 4.74 Å². The first-order valence-corrected chi connectivity index (χ1v) is 5.18. The molecule has 0 aliphatic carbocycles. The second-order valence-corrected chi connectivity index (χ2v) is 3.50. The number of alkyl halides is 2. The molecule has 0 bridgehead atoms. The van der Waals surface area contributed by atoms with E-state index in [-0.39, 0.29) is 22.4 Å². The van der Waals surface area contributed by atoms with Crippen molar-refractivity contribution in [2.45, 2.75) is 6.61 Å². The number of benzene rings is 1. The van der Waals surface area contributed by atoms with Crippen LogP contribution in [0.5, 0.6) is 5.75 Å². The van der Waals surface area contributed by atoms with Crippen LogP contribution in [0, 0.1) is 0 Å². The van der Waals surface area contributed by atoms with Crippen LogP contribution in [0.4, 0.5) is 8.78 Å². The van der Waals surface area contributed by atoms with E-state index in [1.165, 1.54) is 24.4 Å². The molecule has 1 N–H and O–H groups in total. The number of halogens is 2. The number of carbonyl (C=O) groups is 1. The van der Waals surface area contributed by atoms with Crippen molar-refractivity contribution < 1.29 is 23.4 Å². The van der Waals surface area contributed by atoms with Crippen LogP contribution >= 0.6 is 0 Å². The molecule has 5 nitrogen and oxygen atoms in total. The molecule has 7 heteroatoms. The van der Waals surface area contributed by atoms with Gasteiger partial charge in [-0.05, 0) is 6.07 Å². The van der Waals surface area contributed by atoms with E-state index in [0.717, 1.165) is 6.20 Å². The number of aromatic carboxylic acids is 1. The van der Waals surface area contributed by atoms with E-state index in [1.807, 2.05) is 0 Å². The van der Waals surface area contributed by atoms with Gasteiger partial charge in [0.05, 0.1) is 18.0 Å². The first-order valence-electron chi connectivity index (χ1n) is 5.18. The van der Waals surface area contributed by atoms with Crippen molar-refractivity contribution >= 4 is 5.97 Å². The molecule has 0 spiro atoms. The third-order valence-electron chi connectivity index (χ3n) is 2.35. The molecule has 0 aliphatic heterocycles. The maximum absolute atomic E-state index is 12.3. The van der Waals surface area contributed by atoms with Crippen molar-refractivity contribution in [2.75, 3.05) is 0 Å². The van der Waals surface area contributed by atoms with Crippen LogP contribution in [0.2, 0.25) is 0 Å². The zero-order chi connectivity index (χ0) is 13.8. The summed E-state index contributed by atoms with van der Waals surface area (Å²) in [6.07, 6.45) is 2.24. The average molecular weight is 266 g/mol. The summed E-state index contributed by atoms with van der Waals surface area (Å²) in [5.74, 6) is -1.34. The van der Waals surface area contributed by atoms with Gasteiger partial charge < -0.3 is 9.84 Å². The summed E-state index contributed by atoms with van der Waals surface area (Å²) in [5, 5.41) is 16.1. The fourth-order valence-corrected chi connectivity index (χ4v) is 1.59. The van der Waals surface area contributed by atoms with Gasteiger partial charge in [-0.15, -0.1) is 0 Å². The molecule has 0 atom stereocenters. The first-order chi connectivity index (χ1) is 9.09. The summed E-state index contributed by atoms with van der Waals surface area (Å²) < 4.78 is 29.0. The fourth-order valence-electron chi connectivity index (χ4n) is 1.59. The highest BCUT2D eigenvalue weighted by molar-refractivity contribution is 5.96. The van der Waals surface area contributed by atoms with Crippen LogP contribution in [-0.2, 0) is 0 Å².